The van der Waals surface area contributed by atoms with Gasteiger partial charge in [-0.25, -0.2) is 0 Å². The summed E-state index contributed by atoms with van der Waals surface area (Å²) in [7, 11) is 0. The Bertz CT molecular complexity index is 219. The van der Waals surface area contributed by atoms with Crippen LogP contribution in [-0.4, -0.2) is 37.1 Å². The number of nitrogens with one attached hydrogen (secondary N) is 1. The molecule has 2 nitrogen and oxygen atoms in total. The van der Waals surface area contributed by atoms with Crippen LogP contribution in [0.25, 0.3) is 0 Å². The predicted octanol–water partition coefficient (Wildman–Crippen LogP) is 3.46. The zero-order valence-electron chi connectivity index (χ0n) is 12.8. The second-order valence-electron chi connectivity index (χ2n) is 5.51. The van der Waals surface area contributed by atoms with Crippen molar-refractivity contribution in [3.05, 3.63) is 25.3 Å². The lowest BCUT2D eigenvalue weighted by Gasteiger charge is -2.37. The highest BCUT2D eigenvalue weighted by Crippen LogP contribution is 2.27. The first-order valence-electron chi connectivity index (χ1n) is 7.21. The molecule has 0 heterocycles. The topological polar surface area (TPSA) is 15.3 Å². The van der Waals surface area contributed by atoms with Gasteiger partial charge in [0.15, 0.2) is 0 Å². The highest BCUT2D eigenvalue weighted by Gasteiger charge is 2.28. The van der Waals surface area contributed by atoms with E-state index in [-0.39, 0.29) is 0 Å². The quantitative estimate of drug-likeness (QED) is 0.567. The van der Waals surface area contributed by atoms with Crippen LogP contribution in [0, 0.1) is 5.41 Å². The molecule has 0 bridgehead atoms. The molecule has 0 aliphatic carbocycles. The molecule has 0 aliphatic heterocycles. The maximum Gasteiger partial charge on any atom is 0.0164 e. The molecular weight excluding hydrogens is 220 g/mol. The van der Waals surface area contributed by atoms with Gasteiger partial charge in [0.1, 0.15) is 0 Å². The van der Waals surface area contributed by atoms with Crippen molar-refractivity contribution in [2.75, 3.05) is 26.2 Å². The minimum Gasteiger partial charge on any atom is -0.314 e. The van der Waals surface area contributed by atoms with Gasteiger partial charge in [0, 0.05) is 32.2 Å². The number of rotatable bonds is 11. The summed E-state index contributed by atoms with van der Waals surface area (Å²) in [5.74, 6) is 0. The Morgan fingerprint density at radius 3 is 1.94 bits per heavy atom. The number of nitrogens with zero attached hydrogens (tertiary/aromatic N) is 1. The molecule has 0 aromatic carbocycles. The molecule has 0 radical (unpaired) electrons. The van der Waals surface area contributed by atoms with E-state index in [0.717, 1.165) is 26.2 Å². The smallest absolute Gasteiger partial charge is 0.0164 e. The Morgan fingerprint density at radius 1 is 1.11 bits per heavy atom. The van der Waals surface area contributed by atoms with Gasteiger partial charge in [0.05, 0.1) is 0 Å². The largest absolute Gasteiger partial charge is 0.314 e. The van der Waals surface area contributed by atoms with Gasteiger partial charge in [-0.05, 0) is 18.3 Å². The van der Waals surface area contributed by atoms with E-state index < -0.39 is 0 Å². The van der Waals surface area contributed by atoms with Crippen molar-refractivity contribution < 1.29 is 0 Å². The van der Waals surface area contributed by atoms with Gasteiger partial charge in [0.25, 0.3) is 0 Å². The number of hydrogen-bond donors (Lipinski definition) is 1. The zero-order valence-corrected chi connectivity index (χ0v) is 12.8. The summed E-state index contributed by atoms with van der Waals surface area (Å²) in [6, 6.07) is 0.551. The molecule has 0 amide bonds. The lowest BCUT2D eigenvalue weighted by atomic mass is 9.81. The molecule has 0 unspecified atom stereocenters. The summed E-state index contributed by atoms with van der Waals surface area (Å²) in [4.78, 5) is 2.43. The standard InChI is InChI=1S/C16H32N2/c1-7-11-18(12-8-2)14-16(9-3,10-4)13-17-15(5)6/h7-8,15,17H,1-2,9-14H2,3-6H3. The van der Waals surface area contributed by atoms with Crippen LogP contribution >= 0.6 is 0 Å². The Morgan fingerprint density at radius 2 is 1.61 bits per heavy atom. The van der Waals surface area contributed by atoms with Crippen LogP contribution in [-0.2, 0) is 0 Å². The summed E-state index contributed by atoms with van der Waals surface area (Å²) < 4.78 is 0. The Labute approximate surface area is 114 Å². The van der Waals surface area contributed by atoms with Crippen molar-refractivity contribution in [3.8, 4) is 0 Å². The average Bonchev–Trinajstić information content (AvgIpc) is 2.35. The van der Waals surface area contributed by atoms with Gasteiger partial charge >= 0.3 is 0 Å². The lowest BCUT2D eigenvalue weighted by molar-refractivity contribution is 0.150. The van der Waals surface area contributed by atoms with E-state index in [4.69, 9.17) is 0 Å². The minimum atomic E-state index is 0.357. The highest BCUT2D eigenvalue weighted by atomic mass is 15.1. The molecule has 106 valence electrons. The fraction of sp³-hybridized carbons (Fsp3) is 0.750. The normalized spacial score (nSPS) is 12.1. The van der Waals surface area contributed by atoms with Gasteiger partial charge in [-0.2, -0.15) is 0 Å². The fourth-order valence-corrected chi connectivity index (χ4v) is 2.24. The second kappa shape index (κ2) is 9.35. The zero-order chi connectivity index (χ0) is 14.0. The SMILES string of the molecule is C=CCN(CC=C)CC(CC)(CC)CNC(C)C. The summed E-state index contributed by atoms with van der Waals surface area (Å²) in [6.07, 6.45) is 6.37. The van der Waals surface area contributed by atoms with E-state index >= 15 is 0 Å². The van der Waals surface area contributed by atoms with Crippen molar-refractivity contribution in [2.45, 2.75) is 46.6 Å². The molecule has 0 aromatic rings. The summed E-state index contributed by atoms with van der Waals surface area (Å²) in [5.41, 5.74) is 0.357. The van der Waals surface area contributed by atoms with Crippen molar-refractivity contribution in [1.82, 2.24) is 10.2 Å². The first-order chi connectivity index (χ1) is 8.53. The second-order valence-corrected chi connectivity index (χ2v) is 5.51. The van der Waals surface area contributed by atoms with Crippen LogP contribution in [0.1, 0.15) is 40.5 Å². The third-order valence-corrected chi connectivity index (χ3v) is 3.72. The van der Waals surface area contributed by atoms with E-state index in [1.165, 1.54) is 12.8 Å². The van der Waals surface area contributed by atoms with Crippen LogP contribution in [0.15, 0.2) is 25.3 Å². The molecule has 0 rings (SSSR count). The maximum atomic E-state index is 3.85. The van der Waals surface area contributed by atoms with E-state index in [1.54, 1.807) is 0 Å². The minimum absolute atomic E-state index is 0.357. The summed E-state index contributed by atoms with van der Waals surface area (Å²) in [5, 5.41) is 3.60. The molecule has 0 fully saturated rings. The fourth-order valence-electron chi connectivity index (χ4n) is 2.24. The van der Waals surface area contributed by atoms with Gasteiger partial charge in [-0.1, -0.05) is 39.8 Å². The lowest BCUT2D eigenvalue weighted by Crippen LogP contribution is -2.45. The van der Waals surface area contributed by atoms with Gasteiger partial charge in [0.2, 0.25) is 0 Å². The van der Waals surface area contributed by atoms with Crippen molar-refractivity contribution in [3.63, 3.8) is 0 Å². The third-order valence-electron chi connectivity index (χ3n) is 3.72. The van der Waals surface area contributed by atoms with Crippen LogP contribution in [0.5, 0.6) is 0 Å². The van der Waals surface area contributed by atoms with Crippen molar-refractivity contribution in [1.29, 1.82) is 0 Å². The molecule has 1 N–H and O–H groups in total. The molecule has 2 heteroatoms. The van der Waals surface area contributed by atoms with Gasteiger partial charge in [-0.3, -0.25) is 4.90 Å². The molecular formula is C16H32N2. The van der Waals surface area contributed by atoms with E-state index in [9.17, 15) is 0 Å². The molecule has 0 aromatic heterocycles. The molecule has 0 spiro atoms. The molecule has 18 heavy (non-hydrogen) atoms. The molecule has 0 saturated heterocycles. The molecule has 0 aliphatic rings. The first kappa shape index (κ1) is 17.4. The van der Waals surface area contributed by atoms with E-state index in [0.29, 0.717) is 11.5 Å². The monoisotopic (exact) mass is 252 g/mol. The van der Waals surface area contributed by atoms with Crippen LogP contribution in [0.2, 0.25) is 0 Å². The molecule has 0 saturated carbocycles. The maximum absolute atomic E-state index is 3.85. The summed E-state index contributed by atoms with van der Waals surface area (Å²) in [6.45, 7) is 20.8. The van der Waals surface area contributed by atoms with E-state index in [1.807, 2.05) is 12.2 Å². The van der Waals surface area contributed by atoms with Crippen LogP contribution < -0.4 is 5.32 Å². The highest BCUT2D eigenvalue weighted by molar-refractivity contribution is 4.88. The van der Waals surface area contributed by atoms with Gasteiger partial charge < -0.3 is 5.32 Å². The number of hydrogen-bond acceptors (Lipinski definition) is 2. The van der Waals surface area contributed by atoms with Crippen molar-refractivity contribution in [2.24, 2.45) is 5.41 Å². The Kier molecular flexibility index (Phi) is 9.03. The Hall–Kier alpha value is -0.600. The van der Waals surface area contributed by atoms with Crippen molar-refractivity contribution >= 4 is 0 Å². The summed E-state index contributed by atoms with van der Waals surface area (Å²) >= 11 is 0. The van der Waals surface area contributed by atoms with E-state index in [2.05, 4.69) is 51.1 Å². The average molecular weight is 252 g/mol. The molecule has 0 atom stereocenters. The van der Waals surface area contributed by atoms with Gasteiger partial charge in [-0.15, -0.1) is 13.2 Å². The third kappa shape index (κ3) is 6.36. The van der Waals surface area contributed by atoms with Crippen LogP contribution in [0.3, 0.4) is 0 Å². The predicted molar refractivity (Wildman–Crippen MR) is 83.0 cm³/mol. The Balaban J connectivity index is 4.62. The van der Waals surface area contributed by atoms with Crippen LogP contribution in [0.4, 0.5) is 0 Å². The first-order valence-corrected chi connectivity index (χ1v) is 7.21.